The molecule has 5 nitrogen and oxygen atoms in total. The summed E-state index contributed by atoms with van der Waals surface area (Å²) in [5.41, 5.74) is 0. The van der Waals surface area contributed by atoms with E-state index in [-0.39, 0.29) is 12.5 Å². The highest BCUT2D eigenvalue weighted by atomic mass is 16.5. The quantitative estimate of drug-likeness (QED) is 0.785. The molecule has 0 aromatic carbocycles. The Balaban J connectivity index is 1.91. The topological polar surface area (TPSA) is 72.6 Å². The molecule has 1 aliphatic carbocycles. The second kappa shape index (κ2) is 3.69. The fourth-order valence-electron chi connectivity index (χ4n) is 1.24. The van der Waals surface area contributed by atoms with Gasteiger partial charge in [0.05, 0.1) is 0 Å². The monoisotopic (exact) mass is 197 g/mol. The number of carboxylic acid groups (broad SMARTS) is 1. The molecule has 1 saturated carbocycles. The van der Waals surface area contributed by atoms with Crippen LogP contribution in [0.5, 0.6) is 5.88 Å². The van der Waals surface area contributed by atoms with Crippen molar-refractivity contribution in [1.29, 1.82) is 0 Å². The number of ether oxygens (including phenoxy) is 1. The van der Waals surface area contributed by atoms with Gasteiger partial charge in [-0.1, -0.05) is 0 Å². The Morgan fingerprint density at radius 2 is 2.50 bits per heavy atom. The Morgan fingerprint density at radius 3 is 3.07 bits per heavy atom. The number of carbonyl (C=O) groups is 1. The van der Waals surface area contributed by atoms with Crippen LogP contribution in [0.4, 0.5) is 0 Å². The lowest BCUT2D eigenvalue weighted by molar-refractivity contribution is -0.136. The predicted octanol–water partition coefficient (Wildman–Crippen LogP) is 1.23. The Hall–Kier alpha value is -1.52. The summed E-state index contributed by atoms with van der Waals surface area (Å²) >= 11 is 0. The molecule has 0 spiro atoms. The Labute approximate surface area is 80.6 Å². The van der Waals surface area contributed by atoms with Gasteiger partial charge < -0.3 is 14.4 Å². The Bertz CT molecular complexity index is 329. The van der Waals surface area contributed by atoms with Crippen LogP contribution in [0.1, 0.15) is 25.0 Å². The summed E-state index contributed by atoms with van der Waals surface area (Å²) in [5, 5.41) is 12.1. The molecule has 76 valence electrons. The van der Waals surface area contributed by atoms with Crippen molar-refractivity contribution in [2.45, 2.75) is 31.8 Å². The molecular weight excluding hydrogens is 186 g/mol. The average Bonchev–Trinajstić information content (AvgIpc) is 2.44. The molecule has 1 N–H and O–H groups in total. The maximum Gasteiger partial charge on any atom is 0.311 e. The average molecular weight is 197 g/mol. The van der Waals surface area contributed by atoms with Gasteiger partial charge in [-0.05, 0) is 24.4 Å². The number of hydrogen-bond donors (Lipinski definition) is 1. The first-order chi connectivity index (χ1) is 6.74. The predicted molar refractivity (Wildman–Crippen MR) is 46.1 cm³/mol. The molecule has 1 aliphatic rings. The first kappa shape index (κ1) is 9.05. The van der Waals surface area contributed by atoms with Gasteiger partial charge in [-0.25, -0.2) is 0 Å². The number of aliphatic carboxylic acids is 1. The van der Waals surface area contributed by atoms with E-state index in [2.05, 4.69) is 5.16 Å². The van der Waals surface area contributed by atoms with Gasteiger partial charge >= 0.3 is 5.97 Å². The summed E-state index contributed by atoms with van der Waals surface area (Å²) in [5.74, 6) is -0.214. The normalized spacial score (nSPS) is 16.3. The summed E-state index contributed by atoms with van der Waals surface area (Å²) in [7, 11) is 0. The third-order valence-corrected chi connectivity index (χ3v) is 2.20. The standard InChI is InChI=1S/C9H11NO4/c11-9(12)5-7-4-8(10-14-7)13-6-2-1-3-6/h4,6H,1-3,5H2,(H,11,12). The van der Waals surface area contributed by atoms with E-state index in [1.54, 1.807) is 0 Å². The number of nitrogens with zero attached hydrogens (tertiary/aromatic N) is 1. The molecule has 0 amide bonds. The molecule has 0 radical (unpaired) electrons. The molecule has 1 aromatic heterocycles. The van der Waals surface area contributed by atoms with Crippen molar-refractivity contribution in [2.75, 3.05) is 0 Å². The zero-order valence-corrected chi connectivity index (χ0v) is 7.60. The minimum Gasteiger partial charge on any atom is -0.481 e. The van der Waals surface area contributed by atoms with Gasteiger partial charge in [-0.2, -0.15) is 0 Å². The SMILES string of the molecule is O=C(O)Cc1cc(OC2CCC2)no1. The molecule has 0 atom stereocenters. The number of rotatable bonds is 4. The minimum absolute atomic E-state index is 0.152. The molecule has 1 fully saturated rings. The number of aromatic nitrogens is 1. The Kier molecular flexibility index (Phi) is 2.39. The van der Waals surface area contributed by atoms with E-state index in [4.69, 9.17) is 14.4 Å². The van der Waals surface area contributed by atoms with Crippen molar-refractivity contribution >= 4 is 5.97 Å². The van der Waals surface area contributed by atoms with Crippen molar-refractivity contribution in [2.24, 2.45) is 0 Å². The lowest BCUT2D eigenvalue weighted by Crippen LogP contribution is -2.24. The van der Waals surface area contributed by atoms with Crippen LogP contribution in [0.2, 0.25) is 0 Å². The molecule has 2 rings (SSSR count). The third-order valence-electron chi connectivity index (χ3n) is 2.20. The van der Waals surface area contributed by atoms with Crippen molar-refractivity contribution in [3.05, 3.63) is 11.8 Å². The number of hydrogen-bond acceptors (Lipinski definition) is 4. The zero-order valence-electron chi connectivity index (χ0n) is 7.60. The highest BCUT2D eigenvalue weighted by molar-refractivity contribution is 5.69. The first-order valence-corrected chi connectivity index (χ1v) is 4.58. The zero-order chi connectivity index (χ0) is 9.97. The molecule has 0 aliphatic heterocycles. The molecule has 1 heterocycles. The van der Waals surface area contributed by atoms with Gasteiger partial charge in [0, 0.05) is 6.07 Å². The van der Waals surface area contributed by atoms with Crippen LogP contribution in [-0.4, -0.2) is 22.3 Å². The summed E-state index contributed by atoms with van der Waals surface area (Å²) in [4.78, 5) is 10.3. The van der Waals surface area contributed by atoms with Crippen LogP contribution in [0.3, 0.4) is 0 Å². The summed E-state index contributed by atoms with van der Waals surface area (Å²) in [6.45, 7) is 0. The molecular formula is C9H11NO4. The summed E-state index contributed by atoms with van der Waals surface area (Å²) < 4.78 is 10.2. The smallest absolute Gasteiger partial charge is 0.311 e. The summed E-state index contributed by atoms with van der Waals surface area (Å²) in [6.07, 6.45) is 3.35. The molecule has 0 saturated heterocycles. The van der Waals surface area contributed by atoms with Crippen LogP contribution in [0, 0.1) is 0 Å². The highest BCUT2D eigenvalue weighted by Crippen LogP contribution is 2.24. The fraction of sp³-hybridized carbons (Fsp3) is 0.556. The summed E-state index contributed by atoms with van der Waals surface area (Å²) in [6, 6.07) is 1.53. The van der Waals surface area contributed by atoms with E-state index >= 15 is 0 Å². The van der Waals surface area contributed by atoms with E-state index in [0.29, 0.717) is 11.6 Å². The molecule has 0 unspecified atom stereocenters. The van der Waals surface area contributed by atoms with Crippen molar-refractivity contribution in [3.63, 3.8) is 0 Å². The van der Waals surface area contributed by atoms with Crippen LogP contribution in [0.15, 0.2) is 10.6 Å². The van der Waals surface area contributed by atoms with Gasteiger partial charge in [0.15, 0.2) is 5.76 Å². The maximum absolute atomic E-state index is 10.3. The van der Waals surface area contributed by atoms with Gasteiger partial charge in [0.1, 0.15) is 12.5 Å². The van der Waals surface area contributed by atoms with E-state index in [1.807, 2.05) is 0 Å². The van der Waals surface area contributed by atoms with Crippen LogP contribution in [-0.2, 0) is 11.2 Å². The largest absolute Gasteiger partial charge is 0.481 e. The second-order valence-electron chi connectivity index (χ2n) is 3.37. The highest BCUT2D eigenvalue weighted by Gasteiger charge is 2.20. The van der Waals surface area contributed by atoms with E-state index in [1.165, 1.54) is 12.5 Å². The van der Waals surface area contributed by atoms with E-state index < -0.39 is 5.97 Å². The fourth-order valence-corrected chi connectivity index (χ4v) is 1.24. The lowest BCUT2D eigenvalue weighted by atomic mass is 9.96. The first-order valence-electron chi connectivity index (χ1n) is 4.58. The van der Waals surface area contributed by atoms with Gasteiger partial charge in [0.25, 0.3) is 5.88 Å². The van der Waals surface area contributed by atoms with Gasteiger partial charge in [0.2, 0.25) is 0 Å². The van der Waals surface area contributed by atoms with Crippen molar-refractivity contribution in [1.82, 2.24) is 5.16 Å². The second-order valence-corrected chi connectivity index (χ2v) is 3.37. The third kappa shape index (κ3) is 2.04. The van der Waals surface area contributed by atoms with Crippen molar-refractivity contribution < 1.29 is 19.2 Å². The minimum atomic E-state index is -0.934. The Morgan fingerprint density at radius 1 is 1.71 bits per heavy atom. The van der Waals surface area contributed by atoms with Crippen LogP contribution < -0.4 is 4.74 Å². The van der Waals surface area contributed by atoms with Gasteiger partial charge in [-0.15, -0.1) is 0 Å². The number of carboxylic acids is 1. The lowest BCUT2D eigenvalue weighted by Gasteiger charge is -2.24. The van der Waals surface area contributed by atoms with Gasteiger partial charge in [-0.3, -0.25) is 4.79 Å². The van der Waals surface area contributed by atoms with Crippen LogP contribution >= 0.6 is 0 Å². The van der Waals surface area contributed by atoms with E-state index in [9.17, 15) is 4.79 Å². The molecule has 1 aromatic rings. The maximum atomic E-state index is 10.3. The van der Waals surface area contributed by atoms with E-state index in [0.717, 1.165) is 12.8 Å². The molecule has 5 heteroatoms. The molecule has 0 bridgehead atoms. The van der Waals surface area contributed by atoms with Crippen molar-refractivity contribution in [3.8, 4) is 5.88 Å². The van der Waals surface area contributed by atoms with Crippen LogP contribution in [0.25, 0.3) is 0 Å². The molecule has 14 heavy (non-hydrogen) atoms.